The number of aromatic carboxylic acids is 1. The Morgan fingerprint density at radius 2 is 2.15 bits per heavy atom. The molecular weight excluding hydrogens is 254 g/mol. The molecule has 0 unspecified atom stereocenters. The molecule has 1 aliphatic rings. The second-order valence-electron chi connectivity index (χ2n) is 6.04. The maximum atomic E-state index is 10.9. The molecule has 0 atom stereocenters. The SMILES string of the molecule is CN1CCC(C)(CNCc2cccc(C(=O)O)n2)CC1. The minimum atomic E-state index is -0.978. The van der Waals surface area contributed by atoms with Gasteiger partial charge >= 0.3 is 5.97 Å². The summed E-state index contributed by atoms with van der Waals surface area (Å²) in [5.41, 5.74) is 1.22. The van der Waals surface area contributed by atoms with E-state index in [2.05, 4.69) is 29.2 Å². The number of aromatic nitrogens is 1. The topological polar surface area (TPSA) is 65.5 Å². The number of piperidine rings is 1. The molecule has 1 aromatic heterocycles. The Kier molecular flexibility index (Phi) is 4.73. The summed E-state index contributed by atoms with van der Waals surface area (Å²) < 4.78 is 0. The van der Waals surface area contributed by atoms with Gasteiger partial charge in [0.1, 0.15) is 5.69 Å². The Morgan fingerprint density at radius 1 is 1.45 bits per heavy atom. The number of carboxylic acids is 1. The number of hydrogen-bond donors (Lipinski definition) is 2. The average Bonchev–Trinajstić information content (AvgIpc) is 2.43. The third kappa shape index (κ3) is 4.02. The van der Waals surface area contributed by atoms with Gasteiger partial charge in [-0.1, -0.05) is 13.0 Å². The van der Waals surface area contributed by atoms with Crippen LogP contribution in [0.2, 0.25) is 0 Å². The molecule has 2 N–H and O–H groups in total. The zero-order chi connectivity index (χ0) is 14.6. The van der Waals surface area contributed by atoms with Crippen molar-refractivity contribution in [3.63, 3.8) is 0 Å². The first kappa shape index (κ1) is 14.9. The molecule has 1 aliphatic heterocycles. The zero-order valence-electron chi connectivity index (χ0n) is 12.2. The summed E-state index contributed by atoms with van der Waals surface area (Å²) in [4.78, 5) is 17.3. The summed E-state index contributed by atoms with van der Waals surface area (Å²) in [5.74, 6) is -0.978. The molecule has 5 heteroatoms. The van der Waals surface area contributed by atoms with Crippen LogP contribution in [0.4, 0.5) is 0 Å². The van der Waals surface area contributed by atoms with Gasteiger partial charge in [0.2, 0.25) is 0 Å². The standard InChI is InChI=1S/C15H23N3O2/c1-15(6-8-18(2)9-7-15)11-16-10-12-4-3-5-13(17-12)14(19)20/h3-5,16H,6-11H2,1-2H3,(H,19,20). The first-order valence-electron chi connectivity index (χ1n) is 7.07. The van der Waals surface area contributed by atoms with Gasteiger partial charge in [0.25, 0.3) is 0 Å². The largest absolute Gasteiger partial charge is 0.477 e. The molecule has 0 spiro atoms. The number of hydrogen-bond acceptors (Lipinski definition) is 4. The molecule has 0 aromatic carbocycles. The van der Waals surface area contributed by atoms with Gasteiger partial charge < -0.3 is 15.3 Å². The summed E-state index contributed by atoms with van der Waals surface area (Å²) in [6.45, 7) is 6.16. The van der Waals surface area contributed by atoms with Crippen molar-refractivity contribution in [3.8, 4) is 0 Å². The van der Waals surface area contributed by atoms with Crippen molar-refractivity contribution in [3.05, 3.63) is 29.6 Å². The molecule has 0 amide bonds. The maximum Gasteiger partial charge on any atom is 0.354 e. The number of nitrogens with one attached hydrogen (secondary N) is 1. The number of likely N-dealkylation sites (tertiary alicyclic amines) is 1. The van der Waals surface area contributed by atoms with Gasteiger partial charge in [0, 0.05) is 13.1 Å². The second kappa shape index (κ2) is 6.33. The van der Waals surface area contributed by atoms with Crippen LogP contribution in [0.25, 0.3) is 0 Å². The van der Waals surface area contributed by atoms with Crippen molar-refractivity contribution in [1.29, 1.82) is 0 Å². The number of nitrogens with zero attached hydrogens (tertiary/aromatic N) is 2. The third-order valence-electron chi connectivity index (χ3n) is 4.08. The highest BCUT2D eigenvalue weighted by molar-refractivity contribution is 5.85. The molecule has 0 saturated carbocycles. The fourth-order valence-electron chi connectivity index (χ4n) is 2.52. The van der Waals surface area contributed by atoms with Gasteiger partial charge in [-0.25, -0.2) is 9.78 Å². The Morgan fingerprint density at radius 3 is 2.80 bits per heavy atom. The van der Waals surface area contributed by atoms with Crippen LogP contribution in [-0.4, -0.2) is 47.6 Å². The summed E-state index contributed by atoms with van der Waals surface area (Å²) in [6, 6.07) is 5.12. The lowest BCUT2D eigenvalue weighted by molar-refractivity contribution is 0.0690. The monoisotopic (exact) mass is 277 g/mol. The smallest absolute Gasteiger partial charge is 0.354 e. The average molecular weight is 277 g/mol. The summed E-state index contributed by atoms with van der Waals surface area (Å²) in [7, 11) is 2.16. The number of pyridine rings is 1. The molecule has 110 valence electrons. The minimum Gasteiger partial charge on any atom is -0.477 e. The highest BCUT2D eigenvalue weighted by Gasteiger charge is 2.28. The number of carboxylic acid groups (broad SMARTS) is 1. The number of rotatable bonds is 5. The van der Waals surface area contributed by atoms with E-state index in [0.29, 0.717) is 12.0 Å². The molecule has 2 heterocycles. The van der Waals surface area contributed by atoms with Gasteiger partial charge in [-0.05, 0) is 50.5 Å². The van der Waals surface area contributed by atoms with E-state index in [1.54, 1.807) is 6.07 Å². The Balaban J connectivity index is 1.83. The van der Waals surface area contributed by atoms with E-state index in [-0.39, 0.29) is 5.69 Å². The Hall–Kier alpha value is -1.46. The van der Waals surface area contributed by atoms with Crippen LogP contribution < -0.4 is 5.32 Å². The second-order valence-corrected chi connectivity index (χ2v) is 6.04. The molecule has 5 nitrogen and oxygen atoms in total. The van der Waals surface area contributed by atoms with Crippen LogP contribution in [0.3, 0.4) is 0 Å². The normalized spacial score (nSPS) is 18.9. The first-order chi connectivity index (χ1) is 9.48. The fraction of sp³-hybridized carbons (Fsp3) is 0.600. The molecule has 1 fully saturated rings. The van der Waals surface area contributed by atoms with Crippen molar-refractivity contribution in [2.24, 2.45) is 5.41 Å². The predicted molar refractivity (Wildman–Crippen MR) is 77.7 cm³/mol. The van der Waals surface area contributed by atoms with Crippen LogP contribution in [0.5, 0.6) is 0 Å². The van der Waals surface area contributed by atoms with Crippen LogP contribution in [0.15, 0.2) is 18.2 Å². The lowest BCUT2D eigenvalue weighted by Crippen LogP contribution is -2.41. The van der Waals surface area contributed by atoms with Crippen molar-refractivity contribution >= 4 is 5.97 Å². The summed E-state index contributed by atoms with van der Waals surface area (Å²) >= 11 is 0. The van der Waals surface area contributed by atoms with Gasteiger partial charge in [0.05, 0.1) is 5.69 Å². The van der Waals surface area contributed by atoms with E-state index >= 15 is 0 Å². The van der Waals surface area contributed by atoms with E-state index in [0.717, 1.165) is 25.3 Å². The van der Waals surface area contributed by atoms with Crippen molar-refractivity contribution < 1.29 is 9.90 Å². The first-order valence-corrected chi connectivity index (χ1v) is 7.07. The van der Waals surface area contributed by atoms with Crippen molar-refractivity contribution in [2.45, 2.75) is 26.3 Å². The molecule has 2 rings (SSSR count). The maximum absolute atomic E-state index is 10.9. The predicted octanol–water partition coefficient (Wildman–Crippen LogP) is 1.60. The third-order valence-corrected chi connectivity index (χ3v) is 4.08. The highest BCUT2D eigenvalue weighted by Crippen LogP contribution is 2.29. The van der Waals surface area contributed by atoms with Crippen molar-refractivity contribution in [1.82, 2.24) is 15.2 Å². The molecule has 1 saturated heterocycles. The Labute approximate surface area is 120 Å². The quantitative estimate of drug-likeness (QED) is 0.856. The summed E-state index contributed by atoms with van der Waals surface area (Å²) in [6.07, 6.45) is 2.39. The van der Waals surface area contributed by atoms with E-state index in [1.807, 2.05) is 6.07 Å². The lowest BCUT2D eigenvalue weighted by Gasteiger charge is -2.38. The van der Waals surface area contributed by atoms with E-state index in [9.17, 15) is 4.79 Å². The van der Waals surface area contributed by atoms with Gasteiger partial charge in [-0.3, -0.25) is 0 Å². The molecule has 1 aromatic rings. The van der Waals surface area contributed by atoms with Gasteiger partial charge in [-0.15, -0.1) is 0 Å². The van der Waals surface area contributed by atoms with E-state index in [4.69, 9.17) is 5.11 Å². The minimum absolute atomic E-state index is 0.106. The molecule has 0 aliphatic carbocycles. The van der Waals surface area contributed by atoms with Crippen LogP contribution in [0, 0.1) is 5.41 Å². The van der Waals surface area contributed by atoms with E-state index < -0.39 is 5.97 Å². The lowest BCUT2D eigenvalue weighted by atomic mass is 9.80. The van der Waals surface area contributed by atoms with Gasteiger partial charge in [0.15, 0.2) is 0 Å². The fourth-order valence-corrected chi connectivity index (χ4v) is 2.52. The van der Waals surface area contributed by atoms with Crippen LogP contribution in [0.1, 0.15) is 35.9 Å². The van der Waals surface area contributed by atoms with Crippen LogP contribution in [-0.2, 0) is 6.54 Å². The molecule has 20 heavy (non-hydrogen) atoms. The summed E-state index contributed by atoms with van der Waals surface area (Å²) in [5, 5.41) is 12.3. The number of carbonyl (C=O) groups is 1. The highest BCUT2D eigenvalue weighted by atomic mass is 16.4. The molecule has 0 bridgehead atoms. The molecule has 0 radical (unpaired) electrons. The Bertz CT molecular complexity index is 468. The van der Waals surface area contributed by atoms with E-state index in [1.165, 1.54) is 18.9 Å². The molecular formula is C15H23N3O2. The van der Waals surface area contributed by atoms with Crippen molar-refractivity contribution in [2.75, 3.05) is 26.7 Å². The van der Waals surface area contributed by atoms with Crippen LogP contribution >= 0.6 is 0 Å². The zero-order valence-corrected chi connectivity index (χ0v) is 12.2. The van der Waals surface area contributed by atoms with Gasteiger partial charge in [-0.2, -0.15) is 0 Å².